The van der Waals surface area contributed by atoms with Crippen molar-refractivity contribution in [3.63, 3.8) is 0 Å². The summed E-state index contributed by atoms with van der Waals surface area (Å²) >= 11 is 3.22. The molecule has 2 heterocycles. The van der Waals surface area contributed by atoms with Crippen LogP contribution in [0.4, 0.5) is 5.69 Å². The zero-order valence-corrected chi connectivity index (χ0v) is 14.1. The molecule has 3 aromatic rings. The summed E-state index contributed by atoms with van der Waals surface area (Å²) in [7, 11) is 0. The first-order chi connectivity index (χ1) is 10.6. The van der Waals surface area contributed by atoms with Gasteiger partial charge in [0.2, 0.25) is 5.91 Å². The first-order valence-electron chi connectivity index (χ1n) is 6.96. The Hall–Kier alpha value is -1.98. The molecule has 0 unspecified atom stereocenters. The second-order valence-electron chi connectivity index (χ2n) is 5.18. The van der Waals surface area contributed by atoms with Gasteiger partial charge in [0, 0.05) is 22.0 Å². The molecule has 3 rings (SSSR count). The smallest absolute Gasteiger partial charge is 0.230 e. The average Bonchev–Trinajstić information content (AvgIpc) is 3.13. The van der Waals surface area contributed by atoms with Crippen molar-refractivity contribution >= 4 is 34.3 Å². The normalized spacial score (nSPS) is 10.6. The van der Waals surface area contributed by atoms with E-state index in [1.165, 1.54) is 11.1 Å². The predicted molar refractivity (Wildman–Crippen MR) is 93.7 cm³/mol. The van der Waals surface area contributed by atoms with Crippen LogP contribution in [0.25, 0.3) is 10.6 Å². The van der Waals surface area contributed by atoms with Gasteiger partial charge in [0.25, 0.3) is 0 Å². The lowest BCUT2D eigenvalue weighted by atomic mass is 10.1. The summed E-state index contributed by atoms with van der Waals surface area (Å²) in [6.07, 6.45) is 0.299. The average molecular weight is 328 g/mol. The lowest BCUT2D eigenvalue weighted by Gasteiger charge is -2.06. The van der Waals surface area contributed by atoms with Crippen LogP contribution < -0.4 is 5.32 Å². The molecule has 0 fully saturated rings. The van der Waals surface area contributed by atoms with Gasteiger partial charge in [-0.25, -0.2) is 4.98 Å². The molecule has 112 valence electrons. The third-order valence-corrected chi connectivity index (χ3v) is 5.08. The summed E-state index contributed by atoms with van der Waals surface area (Å²) in [5.41, 5.74) is 5.16. The second-order valence-corrected chi connectivity index (χ2v) is 6.82. The Bertz CT molecular complexity index is 791. The quantitative estimate of drug-likeness (QED) is 0.756. The van der Waals surface area contributed by atoms with Crippen molar-refractivity contribution in [3.05, 3.63) is 57.2 Å². The van der Waals surface area contributed by atoms with E-state index < -0.39 is 0 Å². The van der Waals surface area contributed by atoms with Crippen LogP contribution in [0.15, 0.2) is 40.4 Å². The molecule has 3 nitrogen and oxygen atoms in total. The topological polar surface area (TPSA) is 42.0 Å². The fourth-order valence-corrected chi connectivity index (χ4v) is 3.63. The number of nitrogens with zero attached hydrogens (tertiary/aromatic N) is 1. The maximum atomic E-state index is 12.1. The molecule has 0 radical (unpaired) electrons. The van der Waals surface area contributed by atoms with Crippen molar-refractivity contribution in [2.45, 2.75) is 20.3 Å². The number of aromatic nitrogens is 1. The number of hydrogen-bond donors (Lipinski definition) is 1. The van der Waals surface area contributed by atoms with Crippen molar-refractivity contribution in [3.8, 4) is 10.6 Å². The van der Waals surface area contributed by atoms with E-state index in [9.17, 15) is 4.79 Å². The lowest BCUT2D eigenvalue weighted by Crippen LogP contribution is -2.14. The number of carbonyl (C=O) groups is 1. The fourth-order valence-electron chi connectivity index (χ4n) is 2.10. The molecule has 0 spiro atoms. The highest BCUT2D eigenvalue weighted by Crippen LogP contribution is 2.26. The summed E-state index contributed by atoms with van der Waals surface area (Å²) in [6, 6.07) is 7.98. The molecule has 0 aliphatic heterocycles. The molecule has 0 aliphatic carbocycles. The van der Waals surface area contributed by atoms with E-state index in [0.717, 1.165) is 22.0 Å². The van der Waals surface area contributed by atoms with Gasteiger partial charge in [0.15, 0.2) is 0 Å². The predicted octanol–water partition coefficient (Wildman–Crippen LogP) is 4.67. The van der Waals surface area contributed by atoms with Gasteiger partial charge in [-0.1, -0.05) is 6.07 Å². The SMILES string of the molecule is Cc1ccc(NC(=O)Cc2csc(-c3ccsc3)n2)cc1C. The molecular weight excluding hydrogens is 312 g/mol. The number of anilines is 1. The third kappa shape index (κ3) is 3.43. The van der Waals surface area contributed by atoms with Gasteiger partial charge in [-0.05, 0) is 48.6 Å². The van der Waals surface area contributed by atoms with Gasteiger partial charge in [-0.15, -0.1) is 11.3 Å². The lowest BCUT2D eigenvalue weighted by molar-refractivity contribution is -0.115. The van der Waals surface area contributed by atoms with Crippen LogP contribution >= 0.6 is 22.7 Å². The molecule has 1 N–H and O–H groups in total. The molecule has 0 aliphatic rings. The van der Waals surface area contributed by atoms with Crippen LogP contribution in [0, 0.1) is 13.8 Å². The molecule has 5 heteroatoms. The van der Waals surface area contributed by atoms with E-state index in [1.807, 2.05) is 41.9 Å². The molecular formula is C17H16N2OS2. The molecule has 1 amide bonds. The minimum atomic E-state index is -0.0366. The van der Waals surface area contributed by atoms with Crippen molar-refractivity contribution in [2.24, 2.45) is 0 Å². The summed E-state index contributed by atoms with van der Waals surface area (Å²) in [5, 5.41) is 9.95. The Balaban J connectivity index is 1.65. The first kappa shape index (κ1) is 14.9. The van der Waals surface area contributed by atoms with E-state index in [0.29, 0.717) is 6.42 Å². The van der Waals surface area contributed by atoms with Crippen LogP contribution in [-0.4, -0.2) is 10.9 Å². The molecule has 0 bridgehead atoms. The zero-order valence-electron chi connectivity index (χ0n) is 12.4. The monoisotopic (exact) mass is 328 g/mol. The summed E-state index contributed by atoms with van der Waals surface area (Å²) in [6.45, 7) is 4.10. The van der Waals surface area contributed by atoms with Gasteiger partial charge < -0.3 is 5.32 Å². The maximum Gasteiger partial charge on any atom is 0.230 e. The summed E-state index contributed by atoms with van der Waals surface area (Å²) in [4.78, 5) is 16.7. The number of hydrogen-bond acceptors (Lipinski definition) is 4. The van der Waals surface area contributed by atoms with E-state index in [1.54, 1.807) is 22.7 Å². The first-order valence-corrected chi connectivity index (χ1v) is 8.78. The molecule has 1 aromatic carbocycles. The molecule has 22 heavy (non-hydrogen) atoms. The molecule has 0 atom stereocenters. The van der Waals surface area contributed by atoms with Gasteiger partial charge in [-0.3, -0.25) is 4.79 Å². The number of rotatable bonds is 4. The highest BCUT2D eigenvalue weighted by Gasteiger charge is 2.10. The van der Waals surface area contributed by atoms with Gasteiger partial charge in [0.1, 0.15) is 5.01 Å². The van der Waals surface area contributed by atoms with Gasteiger partial charge >= 0.3 is 0 Å². The van der Waals surface area contributed by atoms with Crippen molar-refractivity contribution in [2.75, 3.05) is 5.32 Å². The van der Waals surface area contributed by atoms with Crippen LogP contribution in [-0.2, 0) is 11.2 Å². The largest absolute Gasteiger partial charge is 0.326 e. The Morgan fingerprint density at radius 2 is 2.05 bits per heavy atom. The van der Waals surface area contributed by atoms with E-state index in [2.05, 4.69) is 22.6 Å². The Morgan fingerprint density at radius 3 is 2.77 bits per heavy atom. The van der Waals surface area contributed by atoms with E-state index in [4.69, 9.17) is 0 Å². The van der Waals surface area contributed by atoms with E-state index in [-0.39, 0.29) is 5.91 Å². The number of aryl methyl sites for hydroxylation is 2. The number of amides is 1. The van der Waals surface area contributed by atoms with Crippen molar-refractivity contribution in [1.82, 2.24) is 4.98 Å². The third-order valence-electron chi connectivity index (χ3n) is 3.45. The van der Waals surface area contributed by atoms with Crippen LogP contribution in [0.3, 0.4) is 0 Å². The second kappa shape index (κ2) is 6.42. The van der Waals surface area contributed by atoms with Crippen LogP contribution in [0.2, 0.25) is 0 Å². The maximum absolute atomic E-state index is 12.1. The number of thiazole rings is 1. The number of thiophene rings is 1. The number of benzene rings is 1. The Kier molecular flexibility index (Phi) is 4.36. The fraction of sp³-hybridized carbons (Fsp3) is 0.176. The summed E-state index contributed by atoms with van der Waals surface area (Å²) < 4.78 is 0. The Labute approximate surface area is 137 Å². The zero-order chi connectivity index (χ0) is 15.5. The van der Waals surface area contributed by atoms with Crippen molar-refractivity contribution < 1.29 is 4.79 Å². The standard InChI is InChI=1S/C17H16N2OS2/c1-11-3-4-14(7-12(11)2)18-16(20)8-15-10-22-17(19-15)13-5-6-21-9-13/h3-7,9-10H,8H2,1-2H3,(H,18,20). The summed E-state index contributed by atoms with van der Waals surface area (Å²) in [5.74, 6) is -0.0366. The molecule has 0 saturated carbocycles. The van der Waals surface area contributed by atoms with Crippen LogP contribution in [0.5, 0.6) is 0 Å². The Morgan fingerprint density at radius 1 is 1.18 bits per heavy atom. The minimum absolute atomic E-state index is 0.0366. The van der Waals surface area contributed by atoms with Gasteiger partial charge in [0.05, 0.1) is 12.1 Å². The van der Waals surface area contributed by atoms with Crippen molar-refractivity contribution in [1.29, 1.82) is 0 Å². The minimum Gasteiger partial charge on any atom is -0.326 e. The van der Waals surface area contributed by atoms with Crippen LogP contribution in [0.1, 0.15) is 16.8 Å². The number of carbonyl (C=O) groups excluding carboxylic acids is 1. The van der Waals surface area contributed by atoms with E-state index >= 15 is 0 Å². The molecule has 2 aromatic heterocycles. The number of nitrogens with one attached hydrogen (secondary N) is 1. The highest BCUT2D eigenvalue weighted by atomic mass is 32.1. The molecule has 0 saturated heterocycles. The van der Waals surface area contributed by atoms with Gasteiger partial charge in [-0.2, -0.15) is 11.3 Å². The highest BCUT2D eigenvalue weighted by molar-refractivity contribution is 7.14.